The second-order valence-electron chi connectivity index (χ2n) is 14.0. The van der Waals surface area contributed by atoms with Crippen LogP contribution in [0.15, 0.2) is 199 Å². The van der Waals surface area contributed by atoms with Crippen LogP contribution in [0, 0.1) is 0 Å². The second-order valence-corrected chi connectivity index (χ2v) is 14.0. The number of rotatable bonds is 4. The first kappa shape index (κ1) is 29.7. The van der Waals surface area contributed by atoms with Crippen molar-refractivity contribution in [2.45, 2.75) is 0 Å². The van der Waals surface area contributed by atoms with Crippen molar-refractivity contribution in [1.29, 1.82) is 0 Å². The molecule has 0 aliphatic carbocycles. The summed E-state index contributed by atoms with van der Waals surface area (Å²) in [6.45, 7) is 0. The lowest BCUT2D eigenvalue weighted by molar-refractivity contribution is 0.672. The minimum atomic E-state index is 0.919. The Balaban J connectivity index is 1.09. The molecule has 1 heteroatoms. The van der Waals surface area contributed by atoms with Crippen molar-refractivity contribution in [3.63, 3.8) is 0 Å². The van der Waals surface area contributed by atoms with Gasteiger partial charge in [-0.05, 0) is 100 Å². The molecule has 11 aromatic rings. The van der Waals surface area contributed by atoms with Crippen molar-refractivity contribution in [2.75, 3.05) is 0 Å². The van der Waals surface area contributed by atoms with Crippen LogP contribution in [0.5, 0.6) is 0 Å². The molecule has 1 aromatic heterocycles. The van der Waals surface area contributed by atoms with Gasteiger partial charge >= 0.3 is 0 Å². The number of benzene rings is 10. The third-order valence-electron chi connectivity index (χ3n) is 11.1. The Labute approximate surface area is 307 Å². The average molecular weight is 673 g/mol. The standard InChI is InChI=1S/C52H32O/c1-2-17-38-33(13-1)14-12-25-39(38)36-15-11-16-37(31-36)51-44-22-6-4-20-42(44)50(43-21-5-7-23-45(43)51)35-29-27-34(28-30-35)47-32-48-41-19-9-10-26-49(41)53-52(48)46-24-8-3-18-40(46)47/h1-32H. The minimum absolute atomic E-state index is 0.919. The highest BCUT2D eigenvalue weighted by Gasteiger charge is 2.19. The molecule has 0 radical (unpaired) electrons. The molecular weight excluding hydrogens is 641 g/mol. The van der Waals surface area contributed by atoms with Crippen LogP contribution in [0.1, 0.15) is 0 Å². The topological polar surface area (TPSA) is 13.1 Å². The van der Waals surface area contributed by atoms with Crippen LogP contribution in [0.25, 0.3) is 110 Å². The van der Waals surface area contributed by atoms with E-state index in [1.165, 1.54) is 82.2 Å². The van der Waals surface area contributed by atoms with Crippen molar-refractivity contribution < 1.29 is 4.42 Å². The van der Waals surface area contributed by atoms with E-state index in [0.29, 0.717) is 0 Å². The van der Waals surface area contributed by atoms with E-state index in [0.717, 1.165) is 27.3 Å². The number of hydrogen-bond donors (Lipinski definition) is 0. The summed E-state index contributed by atoms with van der Waals surface area (Å²) in [6, 6.07) is 70.6. The predicted molar refractivity (Wildman–Crippen MR) is 225 cm³/mol. The Kier molecular flexibility index (Phi) is 6.62. The van der Waals surface area contributed by atoms with Crippen LogP contribution < -0.4 is 0 Å². The molecule has 0 unspecified atom stereocenters. The third-order valence-corrected chi connectivity index (χ3v) is 11.1. The summed E-state index contributed by atoms with van der Waals surface area (Å²) >= 11 is 0. The molecule has 1 nitrogen and oxygen atoms in total. The van der Waals surface area contributed by atoms with Gasteiger partial charge in [-0.15, -0.1) is 0 Å². The first-order valence-electron chi connectivity index (χ1n) is 18.3. The molecule has 0 aliphatic heterocycles. The molecule has 246 valence electrons. The summed E-state index contributed by atoms with van der Waals surface area (Å²) in [5.74, 6) is 0. The van der Waals surface area contributed by atoms with Crippen molar-refractivity contribution in [1.82, 2.24) is 0 Å². The SMILES string of the molecule is c1cc(-c2cccc3ccccc23)cc(-c2c3ccccc3c(-c3ccc(-c4cc5c6ccccc6oc5c5ccccc45)cc3)c3ccccc23)c1. The van der Waals surface area contributed by atoms with Gasteiger partial charge in [0.1, 0.15) is 11.2 Å². The number of furan rings is 1. The van der Waals surface area contributed by atoms with Gasteiger partial charge in [0.25, 0.3) is 0 Å². The monoisotopic (exact) mass is 672 g/mol. The fraction of sp³-hybridized carbons (Fsp3) is 0. The van der Waals surface area contributed by atoms with Crippen LogP contribution in [0.2, 0.25) is 0 Å². The van der Waals surface area contributed by atoms with Gasteiger partial charge in [-0.25, -0.2) is 0 Å². The summed E-state index contributed by atoms with van der Waals surface area (Å²) in [4.78, 5) is 0. The van der Waals surface area contributed by atoms with Crippen molar-refractivity contribution in [2.24, 2.45) is 0 Å². The third kappa shape index (κ3) is 4.64. The lowest BCUT2D eigenvalue weighted by Crippen LogP contribution is -1.91. The Morgan fingerprint density at radius 1 is 0.264 bits per heavy atom. The molecule has 0 saturated carbocycles. The molecule has 0 bridgehead atoms. The van der Waals surface area contributed by atoms with E-state index in [2.05, 4.69) is 188 Å². The molecule has 53 heavy (non-hydrogen) atoms. The summed E-state index contributed by atoms with van der Waals surface area (Å²) in [5, 5.41) is 12.2. The van der Waals surface area contributed by atoms with Gasteiger partial charge in [-0.2, -0.15) is 0 Å². The zero-order valence-electron chi connectivity index (χ0n) is 28.9. The molecule has 0 saturated heterocycles. The summed E-state index contributed by atoms with van der Waals surface area (Å²) < 4.78 is 6.40. The normalized spacial score (nSPS) is 11.8. The van der Waals surface area contributed by atoms with Crippen LogP contribution in [-0.2, 0) is 0 Å². The fourth-order valence-corrected chi connectivity index (χ4v) is 8.67. The van der Waals surface area contributed by atoms with E-state index in [-0.39, 0.29) is 0 Å². The minimum Gasteiger partial charge on any atom is -0.455 e. The van der Waals surface area contributed by atoms with Gasteiger partial charge in [0.05, 0.1) is 0 Å². The van der Waals surface area contributed by atoms with E-state index in [1.807, 2.05) is 6.07 Å². The van der Waals surface area contributed by atoms with Crippen molar-refractivity contribution in [3.05, 3.63) is 194 Å². The highest BCUT2D eigenvalue weighted by molar-refractivity contribution is 6.22. The second kappa shape index (κ2) is 11.8. The fourth-order valence-electron chi connectivity index (χ4n) is 8.67. The first-order valence-corrected chi connectivity index (χ1v) is 18.3. The molecule has 0 amide bonds. The van der Waals surface area contributed by atoms with Gasteiger partial charge < -0.3 is 4.42 Å². The van der Waals surface area contributed by atoms with Gasteiger partial charge in [-0.3, -0.25) is 0 Å². The molecule has 1 heterocycles. The lowest BCUT2D eigenvalue weighted by Gasteiger charge is -2.18. The van der Waals surface area contributed by atoms with E-state index < -0.39 is 0 Å². The summed E-state index contributed by atoms with van der Waals surface area (Å²) in [5.41, 5.74) is 11.7. The molecular formula is C52H32O. The van der Waals surface area contributed by atoms with E-state index in [4.69, 9.17) is 4.42 Å². The van der Waals surface area contributed by atoms with E-state index >= 15 is 0 Å². The van der Waals surface area contributed by atoms with Gasteiger partial charge in [0.15, 0.2) is 0 Å². The maximum Gasteiger partial charge on any atom is 0.143 e. The molecule has 0 N–H and O–H groups in total. The average Bonchev–Trinajstić information content (AvgIpc) is 3.61. The van der Waals surface area contributed by atoms with E-state index in [9.17, 15) is 0 Å². The van der Waals surface area contributed by atoms with Gasteiger partial charge in [0, 0.05) is 16.2 Å². The molecule has 0 atom stereocenters. The number of hydrogen-bond acceptors (Lipinski definition) is 1. The Bertz CT molecular complexity index is 3150. The molecule has 0 spiro atoms. The predicted octanol–water partition coefficient (Wildman–Crippen LogP) is 14.9. The Morgan fingerprint density at radius 3 is 1.49 bits per heavy atom. The van der Waals surface area contributed by atoms with Crippen LogP contribution in [-0.4, -0.2) is 0 Å². The largest absolute Gasteiger partial charge is 0.455 e. The smallest absolute Gasteiger partial charge is 0.143 e. The van der Waals surface area contributed by atoms with Gasteiger partial charge in [-0.1, -0.05) is 176 Å². The van der Waals surface area contributed by atoms with Crippen LogP contribution >= 0.6 is 0 Å². The maximum absolute atomic E-state index is 6.40. The molecule has 10 aromatic carbocycles. The van der Waals surface area contributed by atoms with Crippen LogP contribution in [0.3, 0.4) is 0 Å². The molecule has 0 fully saturated rings. The molecule has 11 rings (SSSR count). The maximum atomic E-state index is 6.40. The van der Waals surface area contributed by atoms with Crippen molar-refractivity contribution >= 4 is 65.0 Å². The first-order chi connectivity index (χ1) is 26.3. The number of para-hydroxylation sites is 1. The zero-order chi connectivity index (χ0) is 34.9. The van der Waals surface area contributed by atoms with Crippen molar-refractivity contribution in [3.8, 4) is 44.5 Å². The quantitative estimate of drug-likeness (QED) is 0.170. The Morgan fingerprint density at radius 2 is 0.774 bits per heavy atom. The lowest BCUT2D eigenvalue weighted by atomic mass is 9.85. The number of fused-ring (bicyclic) bond motifs is 8. The molecule has 0 aliphatic rings. The van der Waals surface area contributed by atoms with Gasteiger partial charge in [0.2, 0.25) is 0 Å². The Hall–Kier alpha value is -6.96. The zero-order valence-corrected chi connectivity index (χ0v) is 28.9. The summed E-state index contributed by atoms with van der Waals surface area (Å²) in [6.07, 6.45) is 0. The van der Waals surface area contributed by atoms with E-state index in [1.54, 1.807) is 0 Å². The summed E-state index contributed by atoms with van der Waals surface area (Å²) in [7, 11) is 0. The highest BCUT2D eigenvalue weighted by Crippen LogP contribution is 2.45. The van der Waals surface area contributed by atoms with Crippen LogP contribution in [0.4, 0.5) is 0 Å². The highest BCUT2D eigenvalue weighted by atomic mass is 16.3.